The van der Waals surface area contributed by atoms with Gasteiger partial charge < -0.3 is 4.90 Å². The van der Waals surface area contributed by atoms with E-state index in [1.807, 2.05) is 43.3 Å². The average molecular weight is 299 g/mol. The van der Waals surface area contributed by atoms with Crippen LogP contribution in [-0.2, 0) is 14.4 Å². The van der Waals surface area contributed by atoms with Gasteiger partial charge in [0, 0.05) is 38.5 Å². The number of benzene rings is 1. The second-order valence-corrected chi connectivity index (χ2v) is 6.63. The van der Waals surface area contributed by atoms with Crippen LogP contribution in [0.1, 0.15) is 37.2 Å². The van der Waals surface area contributed by atoms with E-state index in [1.165, 1.54) is 0 Å². The number of carbonyl (C=O) groups is 3. The van der Waals surface area contributed by atoms with Gasteiger partial charge in [-0.2, -0.15) is 0 Å². The van der Waals surface area contributed by atoms with E-state index in [4.69, 9.17) is 0 Å². The molecule has 2 aliphatic carbocycles. The lowest BCUT2D eigenvalue weighted by atomic mass is 9.74. The van der Waals surface area contributed by atoms with Crippen LogP contribution in [0.15, 0.2) is 24.3 Å². The van der Waals surface area contributed by atoms with Gasteiger partial charge in [0.25, 0.3) is 0 Å². The predicted molar refractivity (Wildman–Crippen MR) is 84.0 cm³/mol. The SMILES string of the molecule is CN(C)c1ccc(C2CC(=O)C(C(=O)C3CC3)C(=O)C2)cc1. The number of nitrogens with zero attached hydrogens (tertiary/aromatic N) is 1. The van der Waals surface area contributed by atoms with Crippen molar-refractivity contribution in [3.63, 3.8) is 0 Å². The third kappa shape index (κ3) is 2.82. The van der Waals surface area contributed by atoms with E-state index in [0.29, 0.717) is 12.8 Å². The molecule has 2 aliphatic rings. The molecule has 0 aliphatic heterocycles. The number of anilines is 1. The van der Waals surface area contributed by atoms with Gasteiger partial charge in [0.1, 0.15) is 5.92 Å². The summed E-state index contributed by atoms with van der Waals surface area (Å²) >= 11 is 0. The van der Waals surface area contributed by atoms with Crippen molar-refractivity contribution < 1.29 is 14.4 Å². The average Bonchev–Trinajstić information content (AvgIpc) is 3.31. The molecule has 2 saturated carbocycles. The van der Waals surface area contributed by atoms with Gasteiger partial charge in [0.2, 0.25) is 0 Å². The number of hydrogen-bond donors (Lipinski definition) is 0. The highest BCUT2D eigenvalue weighted by Crippen LogP contribution is 2.38. The molecule has 0 bridgehead atoms. The first-order chi connectivity index (χ1) is 10.5. The highest BCUT2D eigenvalue weighted by molar-refractivity contribution is 6.21. The first-order valence-corrected chi connectivity index (χ1v) is 7.84. The fraction of sp³-hybridized carbons (Fsp3) is 0.500. The van der Waals surface area contributed by atoms with Crippen molar-refractivity contribution in [1.82, 2.24) is 0 Å². The number of Topliss-reactive ketones (excluding diaryl/α,β-unsaturated/α-hetero) is 3. The maximum atomic E-state index is 12.3. The molecular formula is C18H21NO3. The molecule has 0 amide bonds. The van der Waals surface area contributed by atoms with Crippen LogP contribution < -0.4 is 4.90 Å². The Morgan fingerprint density at radius 3 is 2.00 bits per heavy atom. The van der Waals surface area contributed by atoms with Gasteiger partial charge in [-0.15, -0.1) is 0 Å². The molecule has 0 spiro atoms. The van der Waals surface area contributed by atoms with Crippen LogP contribution in [0.5, 0.6) is 0 Å². The first-order valence-electron chi connectivity index (χ1n) is 7.84. The first kappa shape index (κ1) is 14.9. The molecule has 4 nitrogen and oxygen atoms in total. The van der Waals surface area contributed by atoms with E-state index >= 15 is 0 Å². The summed E-state index contributed by atoms with van der Waals surface area (Å²) in [7, 11) is 3.94. The molecule has 116 valence electrons. The lowest BCUT2D eigenvalue weighted by Gasteiger charge is -2.26. The van der Waals surface area contributed by atoms with Gasteiger partial charge in [-0.3, -0.25) is 14.4 Å². The topological polar surface area (TPSA) is 54.5 Å². The molecule has 0 N–H and O–H groups in total. The Bertz CT molecular complexity index is 596. The zero-order chi connectivity index (χ0) is 15.9. The Morgan fingerprint density at radius 2 is 1.55 bits per heavy atom. The fourth-order valence-corrected chi connectivity index (χ4v) is 3.17. The smallest absolute Gasteiger partial charge is 0.153 e. The van der Waals surface area contributed by atoms with Gasteiger partial charge in [-0.05, 0) is 36.5 Å². The molecule has 4 heteroatoms. The Morgan fingerprint density at radius 1 is 1.00 bits per heavy atom. The van der Waals surface area contributed by atoms with Crippen molar-refractivity contribution in [3.8, 4) is 0 Å². The minimum atomic E-state index is -0.968. The fourth-order valence-electron chi connectivity index (χ4n) is 3.17. The van der Waals surface area contributed by atoms with E-state index in [0.717, 1.165) is 24.1 Å². The minimum absolute atomic E-state index is 0.0335. The Labute approximate surface area is 130 Å². The van der Waals surface area contributed by atoms with Crippen molar-refractivity contribution in [2.45, 2.75) is 31.6 Å². The van der Waals surface area contributed by atoms with Crippen LogP contribution in [0, 0.1) is 11.8 Å². The second kappa shape index (κ2) is 5.67. The Hall–Kier alpha value is -1.97. The summed E-state index contributed by atoms with van der Waals surface area (Å²) in [5.41, 5.74) is 2.09. The van der Waals surface area contributed by atoms with E-state index in [1.54, 1.807) is 0 Å². The van der Waals surface area contributed by atoms with Crippen LogP contribution >= 0.6 is 0 Å². The number of hydrogen-bond acceptors (Lipinski definition) is 4. The maximum absolute atomic E-state index is 12.3. The zero-order valence-electron chi connectivity index (χ0n) is 13.0. The Kier molecular flexibility index (Phi) is 3.85. The molecule has 3 rings (SSSR count). The normalized spacial score (nSPS) is 25.2. The maximum Gasteiger partial charge on any atom is 0.153 e. The highest BCUT2D eigenvalue weighted by atomic mass is 16.2. The van der Waals surface area contributed by atoms with Crippen molar-refractivity contribution in [1.29, 1.82) is 0 Å². The minimum Gasteiger partial charge on any atom is -0.378 e. The molecule has 0 atom stereocenters. The third-order valence-corrected chi connectivity index (χ3v) is 4.68. The summed E-state index contributed by atoms with van der Waals surface area (Å²) in [5, 5.41) is 0. The summed E-state index contributed by atoms with van der Waals surface area (Å²) in [6.07, 6.45) is 2.28. The molecule has 22 heavy (non-hydrogen) atoms. The molecule has 0 heterocycles. The monoisotopic (exact) mass is 299 g/mol. The predicted octanol–water partition coefficient (Wildman–Crippen LogP) is 2.36. The summed E-state index contributed by atoms with van der Waals surface area (Å²) in [4.78, 5) is 38.7. The quantitative estimate of drug-likeness (QED) is 0.801. The number of rotatable bonds is 4. The summed E-state index contributed by atoms with van der Waals surface area (Å²) in [5.74, 6) is -1.58. The van der Waals surface area contributed by atoms with Crippen LogP contribution in [0.25, 0.3) is 0 Å². The molecule has 2 fully saturated rings. The Balaban J connectivity index is 1.74. The van der Waals surface area contributed by atoms with Crippen LogP contribution in [0.2, 0.25) is 0 Å². The molecule has 0 radical (unpaired) electrons. The summed E-state index contributed by atoms with van der Waals surface area (Å²) in [6, 6.07) is 7.94. The van der Waals surface area contributed by atoms with Gasteiger partial charge in [0.05, 0.1) is 0 Å². The van der Waals surface area contributed by atoms with Gasteiger partial charge >= 0.3 is 0 Å². The van der Waals surface area contributed by atoms with E-state index < -0.39 is 5.92 Å². The summed E-state index contributed by atoms with van der Waals surface area (Å²) in [6.45, 7) is 0. The molecule has 1 aromatic rings. The van der Waals surface area contributed by atoms with E-state index in [-0.39, 0.29) is 29.2 Å². The lowest BCUT2D eigenvalue weighted by Crippen LogP contribution is -2.38. The zero-order valence-corrected chi connectivity index (χ0v) is 13.0. The van der Waals surface area contributed by atoms with Gasteiger partial charge in [0.15, 0.2) is 17.3 Å². The van der Waals surface area contributed by atoms with E-state index in [9.17, 15) is 14.4 Å². The molecule has 0 saturated heterocycles. The van der Waals surface area contributed by atoms with Crippen molar-refractivity contribution in [2.24, 2.45) is 11.8 Å². The second-order valence-electron chi connectivity index (χ2n) is 6.63. The van der Waals surface area contributed by atoms with Gasteiger partial charge in [-0.1, -0.05) is 12.1 Å². The molecule has 0 aromatic heterocycles. The van der Waals surface area contributed by atoms with Crippen molar-refractivity contribution in [3.05, 3.63) is 29.8 Å². The number of ketones is 3. The lowest BCUT2D eigenvalue weighted by molar-refractivity contribution is -0.143. The van der Waals surface area contributed by atoms with E-state index in [2.05, 4.69) is 0 Å². The van der Waals surface area contributed by atoms with Crippen LogP contribution in [-0.4, -0.2) is 31.4 Å². The van der Waals surface area contributed by atoms with Gasteiger partial charge in [-0.25, -0.2) is 0 Å². The van der Waals surface area contributed by atoms with Crippen LogP contribution in [0.3, 0.4) is 0 Å². The van der Waals surface area contributed by atoms with Crippen molar-refractivity contribution in [2.75, 3.05) is 19.0 Å². The van der Waals surface area contributed by atoms with Crippen molar-refractivity contribution >= 4 is 23.0 Å². The molecule has 1 aromatic carbocycles. The number of carbonyl (C=O) groups excluding carboxylic acids is 3. The molecule has 0 unspecified atom stereocenters. The highest BCUT2D eigenvalue weighted by Gasteiger charge is 2.45. The largest absolute Gasteiger partial charge is 0.378 e. The standard InChI is InChI=1S/C18H21NO3/c1-19(2)14-7-5-11(6-8-14)13-9-15(20)17(16(21)10-13)18(22)12-3-4-12/h5-8,12-13,17H,3-4,9-10H2,1-2H3. The summed E-state index contributed by atoms with van der Waals surface area (Å²) < 4.78 is 0. The van der Waals surface area contributed by atoms with Crippen LogP contribution in [0.4, 0.5) is 5.69 Å². The third-order valence-electron chi connectivity index (χ3n) is 4.68. The molecular weight excluding hydrogens is 278 g/mol.